The summed E-state index contributed by atoms with van der Waals surface area (Å²) in [6.45, 7) is 3.77. The number of benzene rings is 1. The van der Waals surface area contributed by atoms with E-state index in [0.29, 0.717) is 22.2 Å². The minimum absolute atomic E-state index is 0.0950. The lowest BCUT2D eigenvalue weighted by Gasteiger charge is -2.28. The van der Waals surface area contributed by atoms with E-state index < -0.39 is 5.54 Å². The monoisotopic (exact) mass is 343 g/mol. The Kier molecular flexibility index (Phi) is 5.35. The second-order valence-corrected chi connectivity index (χ2v) is 6.50. The van der Waals surface area contributed by atoms with Gasteiger partial charge in [0, 0.05) is 10.0 Å². The van der Waals surface area contributed by atoms with Crippen molar-refractivity contribution in [2.24, 2.45) is 5.92 Å². The third kappa shape index (κ3) is 3.93. The number of hydrogen-bond donors (Lipinski definition) is 1. The van der Waals surface area contributed by atoms with Crippen molar-refractivity contribution in [2.75, 3.05) is 6.61 Å². The molecule has 0 radical (unpaired) electrons. The minimum atomic E-state index is -0.966. The summed E-state index contributed by atoms with van der Waals surface area (Å²) >= 11 is 11.9. The van der Waals surface area contributed by atoms with E-state index in [1.165, 1.54) is 0 Å². The van der Waals surface area contributed by atoms with Gasteiger partial charge in [-0.15, -0.1) is 0 Å². The maximum Gasteiger partial charge on any atom is 0.331 e. The lowest BCUT2D eigenvalue weighted by molar-refractivity contribution is -0.153. The summed E-state index contributed by atoms with van der Waals surface area (Å²) in [6.07, 6.45) is 1.92. The minimum Gasteiger partial charge on any atom is -0.464 e. The lowest BCUT2D eigenvalue weighted by atomic mass is 9.95. The zero-order chi connectivity index (χ0) is 16.3. The van der Waals surface area contributed by atoms with Gasteiger partial charge in [0.25, 0.3) is 0 Å². The van der Waals surface area contributed by atoms with Gasteiger partial charge in [0.1, 0.15) is 5.54 Å². The first-order chi connectivity index (χ1) is 10.4. The van der Waals surface area contributed by atoms with E-state index in [1.54, 1.807) is 32.0 Å². The summed E-state index contributed by atoms with van der Waals surface area (Å²) < 4.78 is 5.10. The SMILES string of the molecule is CCOC(=O)C(C)(NC(=O)Cc1ccc(Cl)cc1Cl)C1CC1. The number of nitrogens with one attached hydrogen (secondary N) is 1. The highest BCUT2D eigenvalue weighted by Gasteiger charge is 2.49. The molecule has 0 heterocycles. The van der Waals surface area contributed by atoms with Crippen LogP contribution in [0.4, 0.5) is 0 Å². The van der Waals surface area contributed by atoms with Crippen LogP contribution >= 0.6 is 23.2 Å². The van der Waals surface area contributed by atoms with Crippen LogP contribution < -0.4 is 5.32 Å². The largest absolute Gasteiger partial charge is 0.464 e. The third-order valence-electron chi connectivity index (χ3n) is 3.86. The number of carbonyl (C=O) groups excluding carboxylic acids is 2. The molecular formula is C16H19Cl2NO3. The van der Waals surface area contributed by atoms with Crippen LogP contribution in [0.15, 0.2) is 18.2 Å². The fourth-order valence-electron chi connectivity index (χ4n) is 2.43. The maximum absolute atomic E-state index is 12.3. The van der Waals surface area contributed by atoms with Gasteiger partial charge < -0.3 is 10.1 Å². The van der Waals surface area contributed by atoms with Crippen LogP contribution in [0.5, 0.6) is 0 Å². The van der Waals surface area contributed by atoms with Gasteiger partial charge in [0.05, 0.1) is 13.0 Å². The Balaban J connectivity index is 2.07. The topological polar surface area (TPSA) is 55.4 Å². The quantitative estimate of drug-likeness (QED) is 0.805. The second-order valence-electron chi connectivity index (χ2n) is 5.66. The molecule has 0 bridgehead atoms. The van der Waals surface area contributed by atoms with Gasteiger partial charge >= 0.3 is 5.97 Å². The molecular weight excluding hydrogens is 325 g/mol. The highest BCUT2D eigenvalue weighted by atomic mass is 35.5. The standard InChI is InChI=1S/C16H19Cl2NO3/c1-3-22-15(21)16(2,11-5-6-11)19-14(20)8-10-4-7-12(17)9-13(10)18/h4,7,9,11H,3,5-6,8H2,1-2H3,(H,19,20). The predicted molar refractivity (Wildman–Crippen MR) is 86.1 cm³/mol. The first kappa shape index (κ1) is 17.1. The fourth-order valence-corrected chi connectivity index (χ4v) is 2.91. The van der Waals surface area contributed by atoms with E-state index >= 15 is 0 Å². The van der Waals surface area contributed by atoms with Crippen molar-refractivity contribution >= 4 is 35.1 Å². The molecule has 4 nitrogen and oxygen atoms in total. The van der Waals surface area contributed by atoms with Crippen molar-refractivity contribution in [3.63, 3.8) is 0 Å². The van der Waals surface area contributed by atoms with Gasteiger partial charge in [-0.05, 0) is 50.3 Å². The first-order valence-corrected chi connectivity index (χ1v) is 8.04. The smallest absolute Gasteiger partial charge is 0.331 e. The van der Waals surface area contributed by atoms with Crippen molar-refractivity contribution in [1.82, 2.24) is 5.32 Å². The maximum atomic E-state index is 12.3. The Labute approximate surface area is 140 Å². The van der Waals surface area contributed by atoms with Crippen molar-refractivity contribution in [3.05, 3.63) is 33.8 Å². The Morgan fingerprint density at radius 2 is 2.05 bits per heavy atom. The number of amides is 1. The summed E-state index contributed by atoms with van der Waals surface area (Å²) in [5.74, 6) is -0.504. The molecule has 1 amide bonds. The van der Waals surface area contributed by atoms with E-state index in [4.69, 9.17) is 27.9 Å². The third-order valence-corrected chi connectivity index (χ3v) is 4.45. The van der Waals surface area contributed by atoms with Crippen molar-refractivity contribution in [2.45, 2.75) is 38.6 Å². The van der Waals surface area contributed by atoms with E-state index in [1.807, 2.05) is 0 Å². The molecule has 1 saturated carbocycles. The number of halogens is 2. The van der Waals surface area contributed by atoms with E-state index in [0.717, 1.165) is 12.8 Å². The van der Waals surface area contributed by atoms with Crippen LogP contribution in [0.1, 0.15) is 32.3 Å². The van der Waals surface area contributed by atoms with Gasteiger partial charge in [0.15, 0.2) is 0 Å². The molecule has 1 atom stereocenters. The molecule has 1 fully saturated rings. The predicted octanol–water partition coefficient (Wildman–Crippen LogP) is 3.38. The molecule has 1 unspecified atom stereocenters. The number of ether oxygens (including phenoxy) is 1. The molecule has 1 aliphatic rings. The summed E-state index contributed by atoms with van der Waals surface area (Å²) in [5, 5.41) is 3.78. The van der Waals surface area contributed by atoms with Crippen molar-refractivity contribution in [1.29, 1.82) is 0 Å². The zero-order valence-electron chi connectivity index (χ0n) is 12.6. The molecule has 120 valence electrons. The van der Waals surface area contributed by atoms with Crippen LogP contribution in [0.2, 0.25) is 10.0 Å². The number of carbonyl (C=O) groups is 2. The molecule has 22 heavy (non-hydrogen) atoms. The number of esters is 1. The first-order valence-electron chi connectivity index (χ1n) is 7.29. The van der Waals surface area contributed by atoms with Crippen molar-refractivity contribution < 1.29 is 14.3 Å². The zero-order valence-corrected chi connectivity index (χ0v) is 14.1. The van der Waals surface area contributed by atoms with E-state index in [-0.39, 0.29) is 24.2 Å². The Hall–Kier alpha value is -1.26. The van der Waals surface area contributed by atoms with Gasteiger partial charge in [-0.25, -0.2) is 4.79 Å². The van der Waals surface area contributed by atoms with E-state index in [9.17, 15) is 9.59 Å². The molecule has 0 saturated heterocycles. The van der Waals surface area contributed by atoms with Crippen LogP contribution in [0.25, 0.3) is 0 Å². The molecule has 1 aromatic carbocycles. The van der Waals surface area contributed by atoms with Crippen LogP contribution in [0.3, 0.4) is 0 Å². The van der Waals surface area contributed by atoms with Gasteiger partial charge in [0.2, 0.25) is 5.91 Å². The molecule has 2 rings (SSSR count). The van der Waals surface area contributed by atoms with Crippen molar-refractivity contribution in [3.8, 4) is 0 Å². The normalized spacial score (nSPS) is 16.7. The number of rotatable bonds is 6. The molecule has 0 aromatic heterocycles. The van der Waals surface area contributed by atoms with Crippen LogP contribution in [-0.2, 0) is 20.7 Å². The Bertz CT molecular complexity index is 587. The second kappa shape index (κ2) is 6.88. The fraction of sp³-hybridized carbons (Fsp3) is 0.500. The summed E-state index contributed by atoms with van der Waals surface area (Å²) in [6, 6.07) is 4.99. The average Bonchev–Trinajstić information content (AvgIpc) is 3.27. The molecule has 0 spiro atoms. The Morgan fingerprint density at radius 1 is 1.36 bits per heavy atom. The highest BCUT2D eigenvalue weighted by molar-refractivity contribution is 6.35. The van der Waals surface area contributed by atoms with E-state index in [2.05, 4.69) is 5.32 Å². The van der Waals surface area contributed by atoms with Crippen LogP contribution in [0, 0.1) is 5.92 Å². The van der Waals surface area contributed by atoms with Crippen LogP contribution in [-0.4, -0.2) is 24.0 Å². The molecule has 1 aromatic rings. The number of hydrogen-bond acceptors (Lipinski definition) is 3. The lowest BCUT2D eigenvalue weighted by Crippen LogP contribution is -2.55. The van der Waals surface area contributed by atoms with Gasteiger partial charge in [-0.2, -0.15) is 0 Å². The highest BCUT2D eigenvalue weighted by Crippen LogP contribution is 2.40. The molecule has 6 heteroatoms. The molecule has 0 aliphatic heterocycles. The van der Waals surface area contributed by atoms with Gasteiger partial charge in [-0.3, -0.25) is 4.79 Å². The summed E-state index contributed by atoms with van der Waals surface area (Å²) in [7, 11) is 0. The Morgan fingerprint density at radius 3 is 2.59 bits per heavy atom. The molecule has 1 N–H and O–H groups in total. The summed E-state index contributed by atoms with van der Waals surface area (Å²) in [5.41, 5.74) is -0.294. The molecule has 1 aliphatic carbocycles. The summed E-state index contributed by atoms with van der Waals surface area (Å²) in [4.78, 5) is 24.5. The average molecular weight is 344 g/mol. The van der Waals surface area contributed by atoms with Gasteiger partial charge in [-0.1, -0.05) is 29.3 Å².